The Labute approximate surface area is 219 Å². The molecule has 1 aromatic heterocycles. The van der Waals surface area contributed by atoms with Gasteiger partial charge in [0.1, 0.15) is 5.82 Å². The van der Waals surface area contributed by atoms with Crippen LogP contribution in [-0.4, -0.2) is 45.5 Å². The van der Waals surface area contributed by atoms with Crippen LogP contribution in [0.1, 0.15) is 51.4 Å². The topological polar surface area (TPSA) is 67.2 Å². The van der Waals surface area contributed by atoms with Crippen molar-refractivity contribution in [3.05, 3.63) is 77.5 Å². The standard InChI is InChI=1S/C29H37ClN4O2/c1-21-12-10-11-15-23(21)34-25(18-24(32-34)28(2,3)4)31-26(35)19-33(27(36)29(5,6)20-30)17-16-22-13-8-7-9-14-22/h7-15,18H,16-17,19-20H2,1-6H3,(H,31,35). The molecule has 1 heterocycles. The second-order valence-electron chi connectivity index (χ2n) is 10.9. The maximum atomic E-state index is 13.3. The van der Waals surface area contributed by atoms with Crippen molar-refractivity contribution in [2.24, 2.45) is 5.41 Å². The van der Waals surface area contributed by atoms with E-state index in [1.165, 1.54) is 0 Å². The molecular formula is C29H37ClN4O2. The van der Waals surface area contributed by atoms with Gasteiger partial charge in [0.05, 0.1) is 23.3 Å². The summed E-state index contributed by atoms with van der Waals surface area (Å²) in [7, 11) is 0. The molecule has 0 aliphatic rings. The average Bonchev–Trinajstić information content (AvgIpc) is 3.26. The molecule has 0 saturated carbocycles. The van der Waals surface area contributed by atoms with Crippen LogP contribution in [0, 0.1) is 12.3 Å². The van der Waals surface area contributed by atoms with Crippen molar-refractivity contribution in [3.63, 3.8) is 0 Å². The van der Waals surface area contributed by atoms with Crippen molar-refractivity contribution in [2.45, 2.75) is 53.4 Å². The molecular weight excluding hydrogens is 472 g/mol. The van der Waals surface area contributed by atoms with E-state index in [4.69, 9.17) is 16.7 Å². The van der Waals surface area contributed by atoms with E-state index in [2.05, 4.69) is 26.1 Å². The van der Waals surface area contributed by atoms with Gasteiger partial charge in [-0.25, -0.2) is 4.68 Å². The first-order chi connectivity index (χ1) is 16.9. The van der Waals surface area contributed by atoms with E-state index in [0.717, 1.165) is 22.5 Å². The number of hydrogen-bond donors (Lipinski definition) is 1. The van der Waals surface area contributed by atoms with E-state index in [1.54, 1.807) is 23.4 Å². The van der Waals surface area contributed by atoms with Crippen LogP contribution in [0.4, 0.5) is 5.82 Å². The summed E-state index contributed by atoms with van der Waals surface area (Å²) in [4.78, 5) is 28.2. The van der Waals surface area contributed by atoms with Gasteiger partial charge in [-0.15, -0.1) is 11.6 Å². The van der Waals surface area contributed by atoms with Gasteiger partial charge in [-0.3, -0.25) is 9.59 Å². The number of nitrogens with one attached hydrogen (secondary N) is 1. The van der Waals surface area contributed by atoms with Crippen LogP contribution in [0.25, 0.3) is 5.69 Å². The molecule has 6 nitrogen and oxygen atoms in total. The number of benzene rings is 2. The fourth-order valence-corrected chi connectivity index (χ4v) is 3.94. The number of carbonyl (C=O) groups is 2. The van der Waals surface area contributed by atoms with Crippen molar-refractivity contribution < 1.29 is 9.59 Å². The van der Waals surface area contributed by atoms with Gasteiger partial charge in [-0.05, 0) is 44.4 Å². The van der Waals surface area contributed by atoms with Crippen molar-refractivity contribution in [2.75, 3.05) is 24.3 Å². The Morgan fingerprint density at radius 3 is 2.25 bits per heavy atom. The second-order valence-corrected chi connectivity index (χ2v) is 11.2. The summed E-state index contributed by atoms with van der Waals surface area (Å²) >= 11 is 6.10. The SMILES string of the molecule is Cc1ccccc1-n1nc(C(C)(C)C)cc1NC(=O)CN(CCc1ccccc1)C(=O)C(C)(C)CCl. The maximum Gasteiger partial charge on any atom is 0.245 e. The fraction of sp³-hybridized carbons (Fsp3) is 0.414. The molecule has 0 aliphatic heterocycles. The molecule has 3 aromatic rings. The van der Waals surface area contributed by atoms with Crippen LogP contribution in [0.2, 0.25) is 0 Å². The molecule has 192 valence electrons. The number of halogens is 1. The number of alkyl halides is 1. The van der Waals surface area contributed by atoms with E-state index in [1.807, 2.05) is 67.6 Å². The highest BCUT2D eigenvalue weighted by atomic mass is 35.5. The Bertz CT molecular complexity index is 1200. The van der Waals surface area contributed by atoms with E-state index in [0.29, 0.717) is 18.8 Å². The number of hydrogen-bond acceptors (Lipinski definition) is 3. The minimum absolute atomic E-state index is 0.0736. The van der Waals surface area contributed by atoms with Gasteiger partial charge >= 0.3 is 0 Å². The fourth-order valence-electron chi connectivity index (χ4n) is 3.82. The lowest BCUT2D eigenvalue weighted by Crippen LogP contribution is -2.46. The third kappa shape index (κ3) is 6.76. The summed E-state index contributed by atoms with van der Waals surface area (Å²) in [5.74, 6) is 0.319. The highest BCUT2D eigenvalue weighted by Gasteiger charge is 2.32. The summed E-state index contributed by atoms with van der Waals surface area (Å²) in [6, 6.07) is 19.7. The Morgan fingerprint density at radius 1 is 1.00 bits per heavy atom. The lowest BCUT2D eigenvalue weighted by Gasteiger charge is -2.30. The zero-order valence-corrected chi connectivity index (χ0v) is 22.9. The monoisotopic (exact) mass is 508 g/mol. The summed E-state index contributed by atoms with van der Waals surface area (Å²) < 4.78 is 1.77. The normalized spacial score (nSPS) is 11.9. The molecule has 1 N–H and O–H groups in total. The number of para-hydroxylation sites is 1. The van der Waals surface area contributed by atoms with Crippen molar-refractivity contribution in [1.82, 2.24) is 14.7 Å². The molecule has 0 atom stereocenters. The molecule has 0 saturated heterocycles. The van der Waals surface area contributed by atoms with Gasteiger partial charge < -0.3 is 10.2 Å². The Morgan fingerprint density at radius 2 is 1.64 bits per heavy atom. The van der Waals surface area contributed by atoms with Gasteiger partial charge in [0, 0.05) is 23.9 Å². The van der Waals surface area contributed by atoms with Crippen molar-refractivity contribution >= 4 is 29.2 Å². The number of nitrogens with zero attached hydrogens (tertiary/aromatic N) is 3. The molecule has 0 fully saturated rings. The first kappa shape index (κ1) is 27.5. The Balaban J connectivity index is 1.86. The smallest absolute Gasteiger partial charge is 0.245 e. The molecule has 3 rings (SSSR count). The van der Waals surface area contributed by atoms with E-state index < -0.39 is 5.41 Å². The zero-order valence-electron chi connectivity index (χ0n) is 22.1. The van der Waals surface area contributed by atoms with Gasteiger partial charge in [-0.2, -0.15) is 5.10 Å². The molecule has 0 unspecified atom stereocenters. The molecule has 0 bridgehead atoms. The minimum atomic E-state index is -0.777. The van der Waals surface area contributed by atoms with Gasteiger partial charge in [0.2, 0.25) is 11.8 Å². The zero-order chi connectivity index (χ0) is 26.5. The number of aryl methyl sites for hydroxylation is 1. The summed E-state index contributed by atoms with van der Waals surface area (Å²) in [5.41, 5.74) is 2.92. The molecule has 2 amide bonds. The van der Waals surface area contributed by atoms with Gasteiger partial charge in [0.25, 0.3) is 0 Å². The van der Waals surface area contributed by atoms with Crippen molar-refractivity contribution in [3.8, 4) is 5.69 Å². The third-order valence-corrected chi connectivity index (χ3v) is 6.80. The lowest BCUT2D eigenvalue weighted by atomic mass is 9.92. The van der Waals surface area contributed by atoms with E-state index in [-0.39, 0.29) is 29.7 Å². The first-order valence-corrected chi connectivity index (χ1v) is 12.8. The number of aromatic nitrogens is 2. The quantitative estimate of drug-likeness (QED) is 0.374. The molecule has 0 spiro atoms. The first-order valence-electron chi connectivity index (χ1n) is 12.3. The number of anilines is 1. The number of rotatable bonds is 9. The van der Waals surface area contributed by atoms with Gasteiger partial charge in [-0.1, -0.05) is 69.3 Å². The predicted octanol–water partition coefficient (Wildman–Crippen LogP) is 5.75. The highest BCUT2D eigenvalue weighted by molar-refractivity contribution is 6.19. The Hall–Kier alpha value is -3.12. The van der Waals surface area contributed by atoms with Crippen LogP contribution in [0.5, 0.6) is 0 Å². The largest absolute Gasteiger partial charge is 0.333 e. The molecule has 7 heteroatoms. The van der Waals surface area contributed by atoms with Gasteiger partial charge in [0.15, 0.2) is 0 Å². The van der Waals surface area contributed by atoms with E-state index in [9.17, 15) is 9.59 Å². The molecule has 2 aromatic carbocycles. The van der Waals surface area contributed by atoms with Crippen LogP contribution in [0.15, 0.2) is 60.7 Å². The summed E-state index contributed by atoms with van der Waals surface area (Å²) in [6.07, 6.45) is 0.646. The average molecular weight is 509 g/mol. The van der Waals surface area contributed by atoms with Crippen LogP contribution in [-0.2, 0) is 21.4 Å². The lowest BCUT2D eigenvalue weighted by molar-refractivity contribution is -0.141. The Kier molecular flexibility index (Phi) is 8.62. The van der Waals surface area contributed by atoms with Crippen LogP contribution in [0.3, 0.4) is 0 Å². The molecule has 36 heavy (non-hydrogen) atoms. The highest BCUT2D eigenvalue weighted by Crippen LogP contribution is 2.27. The second kappa shape index (κ2) is 11.3. The summed E-state index contributed by atoms with van der Waals surface area (Å²) in [5, 5.41) is 7.83. The van der Waals surface area contributed by atoms with E-state index >= 15 is 0 Å². The number of amides is 2. The van der Waals surface area contributed by atoms with Crippen molar-refractivity contribution in [1.29, 1.82) is 0 Å². The minimum Gasteiger partial charge on any atom is -0.333 e. The van der Waals surface area contributed by atoms with Crippen LogP contribution >= 0.6 is 11.6 Å². The summed E-state index contributed by atoms with van der Waals surface area (Å²) in [6.45, 7) is 12.2. The maximum absolute atomic E-state index is 13.3. The third-order valence-electron chi connectivity index (χ3n) is 6.14. The molecule has 0 aliphatic carbocycles. The predicted molar refractivity (Wildman–Crippen MR) is 147 cm³/mol. The number of carbonyl (C=O) groups excluding carboxylic acids is 2. The van der Waals surface area contributed by atoms with Crippen LogP contribution < -0.4 is 5.32 Å². The molecule has 0 radical (unpaired) electrons.